The summed E-state index contributed by atoms with van der Waals surface area (Å²) in [4.78, 5) is 18.4. The molecule has 0 saturated carbocycles. The van der Waals surface area contributed by atoms with E-state index in [1.54, 1.807) is 55.3 Å². The highest BCUT2D eigenvalue weighted by Gasteiger charge is 2.30. The second kappa shape index (κ2) is 17.1. The molecule has 0 unspecified atom stereocenters. The Morgan fingerprint density at radius 2 is 1.77 bits per heavy atom. The van der Waals surface area contributed by atoms with E-state index in [4.69, 9.17) is 14.2 Å². The number of hydrogen-bond acceptors (Lipinski definition) is 8. The molecular weight excluding hydrogens is 630 g/mol. The molecule has 0 radical (unpaired) electrons. The number of likely N-dealkylation sites (N-methyl/N-ethyl adjacent to an activating group) is 1. The number of benzene rings is 3. The van der Waals surface area contributed by atoms with Gasteiger partial charge in [-0.05, 0) is 95.1 Å². The Morgan fingerprint density at radius 3 is 2.44 bits per heavy atom. The van der Waals surface area contributed by atoms with Crippen molar-refractivity contribution in [1.82, 2.24) is 9.80 Å². The van der Waals surface area contributed by atoms with Crippen LogP contribution in [-0.4, -0.2) is 87.9 Å². The largest absolute Gasteiger partial charge is 0.497 e. The van der Waals surface area contributed by atoms with Crippen molar-refractivity contribution in [2.45, 2.75) is 76.6 Å². The molecule has 1 heterocycles. The predicted octanol–water partition coefficient (Wildman–Crippen LogP) is 5.73. The quantitative estimate of drug-likeness (QED) is 0.279. The number of methoxy groups -OCH3 is 1. The lowest BCUT2D eigenvalue weighted by atomic mass is 10.0. The molecule has 1 aliphatic rings. The fourth-order valence-electron chi connectivity index (χ4n) is 5.79. The average molecular weight is 682 g/mol. The second-order valence-electron chi connectivity index (χ2n) is 13.0. The van der Waals surface area contributed by atoms with Crippen LogP contribution in [0.15, 0.2) is 71.6 Å². The summed E-state index contributed by atoms with van der Waals surface area (Å²) in [5.74, 6) is 0.738. The lowest BCUT2D eigenvalue weighted by molar-refractivity contribution is -0.0177. The number of aliphatic hydroxyl groups is 1. The molecule has 48 heavy (non-hydrogen) atoms. The summed E-state index contributed by atoms with van der Waals surface area (Å²) in [6.45, 7) is 9.73. The first-order valence-corrected chi connectivity index (χ1v) is 18.1. The number of carbonyl (C=O) groups excluding carboxylic acids is 1. The number of sulfonamides is 1. The van der Waals surface area contributed by atoms with Crippen LogP contribution in [0.25, 0.3) is 0 Å². The fraction of sp³-hybridized carbons (Fsp3) is 0.486. The Bertz CT molecular complexity index is 1580. The van der Waals surface area contributed by atoms with Gasteiger partial charge in [0.15, 0.2) is 0 Å². The highest BCUT2D eigenvalue weighted by molar-refractivity contribution is 7.92. The zero-order valence-electron chi connectivity index (χ0n) is 29.0. The van der Waals surface area contributed by atoms with Crippen LogP contribution in [0, 0.1) is 12.8 Å². The Kier molecular flexibility index (Phi) is 13.3. The number of hydrogen-bond donors (Lipinski definition) is 2. The van der Waals surface area contributed by atoms with Gasteiger partial charge in [0, 0.05) is 37.8 Å². The van der Waals surface area contributed by atoms with Gasteiger partial charge < -0.3 is 24.2 Å². The number of rotatable bonds is 10. The van der Waals surface area contributed by atoms with Crippen molar-refractivity contribution < 1.29 is 32.5 Å². The number of amides is 1. The second-order valence-corrected chi connectivity index (χ2v) is 14.7. The van der Waals surface area contributed by atoms with E-state index < -0.39 is 16.1 Å². The van der Waals surface area contributed by atoms with Crippen LogP contribution < -0.4 is 14.2 Å². The molecule has 0 aliphatic carbocycles. The Balaban J connectivity index is 1.62. The van der Waals surface area contributed by atoms with Gasteiger partial charge in [-0.25, -0.2) is 8.42 Å². The maximum absolute atomic E-state index is 14.4. The van der Waals surface area contributed by atoms with Gasteiger partial charge in [-0.1, -0.05) is 36.8 Å². The first-order valence-electron chi connectivity index (χ1n) is 16.6. The van der Waals surface area contributed by atoms with Crippen molar-refractivity contribution in [3.63, 3.8) is 0 Å². The molecule has 0 bridgehead atoms. The van der Waals surface area contributed by atoms with Crippen molar-refractivity contribution in [2.75, 3.05) is 45.2 Å². The summed E-state index contributed by atoms with van der Waals surface area (Å²) < 4.78 is 47.2. The molecular formula is C37H51N3O7S. The summed E-state index contributed by atoms with van der Waals surface area (Å²) in [7, 11) is -0.200. The topological polar surface area (TPSA) is 118 Å². The van der Waals surface area contributed by atoms with Crippen LogP contribution in [0.3, 0.4) is 0 Å². The fourth-order valence-corrected chi connectivity index (χ4v) is 6.84. The van der Waals surface area contributed by atoms with Crippen LogP contribution >= 0.6 is 0 Å². The Morgan fingerprint density at radius 1 is 1.06 bits per heavy atom. The van der Waals surface area contributed by atoms with Crippen molar-refractivity contribution in [3.05, 3.63) is 83.4 Å². The van der Waals surface area contributed by atoms with Gasteiger partial charge in [-0.15, -0.1) is 0 Å². The summed E-state index contributed by atoms with van der Waals surface area (Å²) >= 11 is 0. The van der Waals surface area contributed by atoms with E-state index in [1.165, 1.54) is 6.07 Å². The van der Waals surface area contributed by atoms with E-state index in [1.807, 2.05) is 38.1 Å². The van der Waals surface area contributed by atoms with Gasteiger partial charge in [0.25, 0.3) is 15.9 Å². The van der Waals surface area contributed by atoms with Crippen LogP contribution in [0.4, 0.5) is 5.69 Å². The molecule has 2 N–H and O–H groups in total. The number of carbonyl (C=O) groups is 1. The monoisotopic (exact) mass is 681 g/mol. The molecule has 4 rings (SSSR count). The zero-order valence-corrected chi connectivity index (χ0v) is 29.8. The molecule has 262 valence electrons. The van der Waals surface area contributed by atoms with E-state index in [0.717, 1.165) is 42.7 Å². The van der Waals surface area contributed by atoms with E-state index >= 15 is 0 Å². The van der Waals surface area contributed by atoms with E-state index in [9.17, 15) is 18.3 Å². The van der Waals surface area contributed by atoms with Crippen molar-refractivity contribution in [1.29, 1.82) is 0 Å². The van der Waals surface area contributed by atoms with Gasteiger partial charge in [-0.2, -0.15) is 0 Å². The van der Waals surface area contributed by atoms with Crippen LogP contribution in [0.2, 0.25) is 0 Å². The van der Waals surface area contributed by atoms with Gasteiger partial charge in [0.05, 0.1) is 42.4 Å². The van der Waals surface area contributed by atoms with Crippen molar-refractivity contribution >= 4 is 21.6 Å². The first kappa shape index (κ1) is 37.2. The Labute approximate surface area is 286 Å². The number of aliphatic hydroxyl groups excluding tert-OH is 1. The third kappa shape index (κ3) is 10.2. The molecule has 4 atom stereocenters. The SMILES string of the molecule is COc1ccc(CN(C)C[C@H]2OCCCC[C@H](C)Oc3ccc(NS(=O)(=O)c4ccc(C)cc4)cc3C(=O)N([C@H](C)CO)C[C@H]2C)cc1. The normalized spacial score (nSPS) is 20.4. The number of fused-ring (bicyclic) bond motifs is 1. The summed E-state index contributed by atoms with van der Waals surface area (Å²) in [6, 6.07) is 18.8. The zero-order chi connectivity index (χ0) is 34.8. The van der Waals surface area contributed by atoms with E-state index in [2.05, 4.69) is 23.6 Å². The molecule has 3 aromatic carbocycles. The number of nitrogens with one attached hydrogen (secondary N) is 1. The summed E-state index contributed by atoms with van der Waals surface area (Å²) in [6.07, 6.45) is 2.13. The number of ether oxygens (including phenoxy) is 3. The summed E-state index contributed by atoms with van der Waals surface area (Å²) in [5, 5.41) is 10.3. The highest BCUT2D eigenvalue weighted by atomic mass is 32.2. The van der Waals surface area contributed by atoms with Gasteiger partial charge in [0.2, 0.25) is 0 Å². The molecule has 10 nitrogen and oxygen atoms in total. The third-order valence-corrected chi connectivity index (χ3v) is 10.1. The smallest absolute Gasteiger partial charge is 0.261 e. The number of nitrogens with zero attached hydrogens (tertiary/aromatic N) is 2. The minimum absolute atomic E-state index is 0.0873. The minimum Gasteiger partial charge on any atom is -0.497 e. The molecule has 0 saturated heterocycles. The van der Waals surface area contributed by atoms with Gasteiger partial charge in [-0.3, -0.25) is 14.4 Å². The highest BCUT2D eigenvalue weighted by Crippen LogP contribution is 2.30. The van der Waals surface area contributed by atoms with Crippen molar-refractivity contribution in [3.8, 4) is 11.5 Å². The molecule has 11 heteroatoms. The molecule has 0 spiro atoms. The van der Waals surface area contributed by atoms with E-state index in [0.29, 0.717) is 25.4 Å². The maximum Gasteiger partial charge on any atom is 0.261 e. The average Bonchev–Trinajstić information content (AvgIpc) is 3.06. The molecule has 3 aromatic rings. The van der Waals surface area contributed by atoms with Crippen LogP contribution in [0.1, 0.15) is 61.5 Å². The summed E-state index contributed by atoms with van der Waals surface area (Å²) in [5.41, 5.74) is 2.56. The van der Waals surface area contributed by atoms with E-state index in [-0.39, 0.29) is 46.8 Å². The standard InChI is InChI=1S/C37H51N3O7S/c1-26-10-17-33(18-11-26)48(43,44)38-31-14-19-35-34(21-31)37(42)40(28(3)25-41)22-27(2)36(46-20-8-7-9-29(4)47-35)24-39(5)23-30-12-15-32(45-6)16-13-30/h10-19,21,27-29,36,38,41H,7-9,20,22-25H2,1-6H3/t27-,28-,29+,36-/m1/s1. The maximum atomic E-state index is 14.4. The molecule has 0 aromatic heterocycles. The van der Waals surface area contributed by atoms with Gasteiger partial charge >= 0.3 is 0 Å². The lowest BCUT2D eigenvalue weighted by Gasteiger charge is -2.36. The van der Waals surface area contributed by atoms with Crippen LogP contribution in [0.5, 0.6) is 11.5 Å². The van der Waals surface area contributed by atoms with Crippen molar-refractivity contribution in [2.24, 2.45) is 5.92 Å². The molecule has 0 fully saturated rings. The van der Waals surface area contributed by atoms with Gasteiger partial charge in [0.1, 0.15) is 11.5 Å². The number of aryl methyl sites for hydroxylation is 1. The Hall–Kier alpha value is -3.64. The van der Waals surface area contributed by atoms with Crippen LogP contribution in [-0.2, 0) is 21.3 Å². The first-order chi connectivity index (χ1) is 22.9. The lowest BCUT2D eigenvalue weighted by Crippen LogP contribution is -2.47. The number of anilines is 1. The molecule has 1 aliphatic heterocycles. The predicted molar refractivity (Wildman–Crippen MR) is 188 cm³/mol. The molecule has 1 amide bonds. The minimum atomic E-state index is -3.91. The third-order valence-electron chi connectivity index (χ3n) is 8.74.